The number of ether oxygens (including phenoxy) is 1. The van der Waals surface area contributed by atoms with Crippen LogP contribution in [-0.4, -0.2) is 35.0 Å². The highest BCUT2D eigenvalue weighted by atomic mass is 32.1. The van der Waals surface area contributed by atoms with Gasteiger partial charge in [-0.15, -0.1) is 0 Å². The summed E-state index contributed by atoms with van der Waals surface area (Å²) in [6, 6.07) is 7.64. The molecule has 2 atom stereocenters. The first-order valence-electron chi connectivity index (χ1n) is 6.95. The second kappa shape index (κ2) is 5.40. The zero-order chi connectivity index (χ0) is 14.1. The third-order valence-corrected chi connectivity index (χ3v) is 4.47. The van der Waals surface area contributed by atoms with E-state index in [1.807, 2.05) is 4.90 Å². The van der Waals surface area contributed by atoms with Crippen LogP contribution in [0.1, 0.15) is 24.8 Å². The summed E-state index contributed by atoms with van der Waals surface area (Å²) in [4.78, 5) is 14.5. The van der Waals surface area contributed by atoms with Crippen LogP contribution in [0.4, 0.5) is 0 Å². The van der Waals surface area contributed by atoms with Gasteiger partial charge in [0, 0.05) is 18.2 Å². The second-order valence-electron chi connectivity index (χ2n) is 5.56. The number of thiocarbonyl (C=S) groups is 1. The smallest absolute Gasteiger partial charge is 0.260 e. The van der Waals surface area contributed by atoms with Crippen LogP contribution in [0.25, 0.3) is 0 Å². The monoisotopic (exact) mass is 290 g/mol. The number of carbonyl (C=O) groups is 1. The summed E-state index contributed by atoms with van der Waals surface area (Å²) in [6.45, 7) is 1.02. The Bertz CT molecular complexity index is 529. The van der Waals surface area contributed by atoms with Gasteiger partial charge in [0.05, 0.1) is 0 Å². The molecule has 0 radical (unpaired) electrons. The van der Waals surface area contributed by atoms with Gasteiger partial charge in [0.1, 0.15) is 10.7 Å². The zero-order valence-corrected chi connectivity index (χ0v) is 12.1. The fraction of sp³-hybridized carbons (Fsp3) is 0.467. The van der Waals surface area contributed by atoms with E-state index in [0.717, 1.165) is 18.5 Å². The Morgan fingerprint density at radius 3 is 2.65 bits per heavy atom. The number of piperidine rings is 1. The van der Waals surface area contributed by atoms with Crippen LogP contribution in [0.15, 0.2) is 24.3 Å². The molecule has 2 fully saturated rings. The molecule has 3 rings (SSSR count). The standard InChI is InChI=1S/C15H18N2O2S/c16-15(20)11-2-5-13(6-3-11)19-9-14(18)17-8-10-1-4-12(17)7-10/h2-3,5-6,10,12H,1,4,7-9H2,(H2,16,20). The topological polar surface area (TPSA) is 55.6 Å². The lowest BCUT2D eigenvalue weighted by molar-refractivity contribution is -0.135. The largest absolute Gasteiger partial charge is 0.484 e. The molecule has 1 heterocycles. The number of likely N-dealkylation sites (tertiary alicyclic amines) is 1. The Morgan fingerprint density at radius 1 is 1.35 bits per heavy atom. The molecule has 1 aliphatic heterocycles. The van der Waals surface area contributed by atoms with E-state index in [1.54, 1.807) is 24.3 Å². The van der Waals surface area contributed by atoms with Crippen LogP contribution < -0.4 is 10.5 Å². The van der Waals surface area contributed by atoms with Crippen LogP contribution in [0.3, 0.4) is 0 Å². The molecule has 5 heteroatoms. The maximum absolute atomic E-state index is 12.1. The van der Waals surface area contributed by atoms with Gasteiger partial charge in [0.25, 0.3) is 5.91 Å². The summed E-state index contributed by atoms with van der Waals surface area (Å²) in [5.74, 6) is 1.48. The molecule has 1 aromatic rings. The number of fused-ring (bicyclic) bond motifs is 2. The number of amides is 1. The molecule has 20 heavy (non-hydrogen) atoms. The highest BCUT2D eigenvalue weighted by Gasteiger charge is 2.40. The summed E-state index contributed by atoms with van der Waals surface area (Å²) < 4.78 is 5.55. The minimum absolute atomic E-state index is 0.0932. The van der Waals surface area contributed by atoms with Crippen LogP contribution in [0.5, 0.6) is 5.75 Å². The zero-order valence-electron chi connectivity index (χ0n) is 11.2. The van der Waals surface area contributed by atoms with Crippen molar-refractivity contribution in [2.24, 2.45) is 11.7 Å². The number of rotatable bonds is 4. The number of nitrogens with two attached hydrogens (primary N) is 1. The van der Waals surface area contributed by atoms with Crippen LogP contribution in [0.2, 0.25) is 0 Å². The van der Waals surface area contributed by atoms with E-state index in [2.05, 4.69) is 0 Å². The van der Waals surface area contributed by atoms with Crippen molar-refractivity contribution in [3.8, 4) is 5.75 Å². The first-order chi connectivity index (χ1) is 9.63. The van der Waals surface area contributed by atoms with Gasteiger partial charge >= 0.3 is 0 Å². The molecule has 1 amide bonds. The number of hydrogen-bond acceptors (Lipinski definition) is 3. The molecule has 2 N–H and O–H groups in total. The minimum Gasteiger partial charge on any atom is -0.484 e. The molecule has 0 aromatic heterocycles. The molecule has 0 spiro atoms. The molecule has 2 unspecified atom stereocenters. The number of carbonyl (C=O) groups excluding carboxylic acids is 1. The maximum Gasteiger partial charge on any atom is 0.260 e. The third kappa shape index (κ3) is 2.63. The minimum atomic E-state index is 0.0932. The summed E-state index contributed by atoms with van der Waals surface area (Å²) in [7, 11) is 0. The molecule has 1 saturated heterocycles. The molecule has 2 bridgehead atoms. The van der Waals surface area contributed by atoms with E-state index in [9.17, 15) is 4.79 Å². The lowest BCUT2D eigenvalue weighted by Crippen LogP contribution is -2.40. The Labute approximate surface area is 123 Å². The highest BCUT2D eigenvalue weighted by Crippen LogP contribution is 2.37. The van der Waals surface area contributed by atoms with Crippen LogP contribution in [-0.2, 0) is 4.79 Å². The molecule has 4 nitrogen and oxygen atoms in total. The Hall–Kier alpha value is -1.62. The van der Waals surface area contributed by atoms with Crippen LogP contribution >= 0.6 is 12.2 Å². The van der Waals surface area contributed by atoms with Gasteiger partial charge in [0.2, 0.25) is 0 Å². The first-order valence-corrected chi connectivity index (χ1v) is 7.36. The number of benzene rings is 1. The van der Waals surface area contributed by atoms with Crippen molar-refractivity contribution < 1.29 is 9.53 Å². The maximum atomic E-state index is 12.1. The Balaban J connectivity index is 1.54. The van der Waals surface area contributed by atoms with E-state index in [-0.39, 0.29) is 12.5 Å². The fourth-order valence-electron chi connectivity index (χ4n) is 3.17. The van der Waals surface area contributed by atoms with Gasteiger partial charge in [-0.3, -0.25) is 4.79 Å². The SMILES string of the molecule is NC(=S)c1ccc(OCC(=O)N2CC3CCC2C3)cc1. The highest BCUT2D eigenvalue weighted by molar-refractivity contribution is 7.80. The summed E-state index contributed by atoms with van der Waals surface area (Å²) in [6.07, 6.45) is 3.60. The fourth-order valence-corrected chi connectivity index (χ4v) is 3.31. The van der Waals surface area contributed by atoms with Gasteiger partial charge in [-0.25, -0.2) is 0 Å². The van der Waals surface area contributed by atoms with Gasteiger partial charge in [-0.1, -0.05) is 12.2 Å². The molecular formula is C15H18N2O2S. The van der Waals surface area contributed by atoms with Crippen molar-refractivity contribution >= 4 is 23.1 Å². The molecule has 2 aliphatic rings. The Kier molecular flexibility index (Phi) is 3.61. The van der Waals surface area contributed by atoms with E-state index >= 15 is 0 Å². The lowest BCUT2D eigenvalue weighted by atomic mass is 10.1. The normalized spacial score (nSPS) is 23.9. The molecule has 1 aliphatic carbocycles. The number of nitrogens with zero attached hydrogens (tertiary/aromatic N) is 1. The van der Waals surface area contributed by atoms with Gasteiger partial charge in [-0.05, 0) is 49.4 Å². The van der Waals surface area contributed by atoms with E-state index in [1.165, 1.54) is 12.8 Å². The molecular weight excluding hydrogens is 272 g/mol. The quantitative estimate of drug-likeness (QED) is 0.858. The van der Waals surface area contributed by atoms with Crippen LogP contribution in [0, 0.1) is 5.92 Å². The average molecular weight is 290 g/mol. The van der Waals surface area contributed by atoms with Crippen molar-refractivity contribution in [1.82, 2.24) is 4.90 Å². The van der Waals surface area contributed by atoms with E-state index in [0.29, 0.717) is 22.7 Å². The van der Waals surface area contributed by atoms with Gasteiger partial charge in [-0.2, -0.15) is 0 Å². The van der Waals surface area contributed by atoms with Crippen molar-refractivity contribution in [1.29, 1.82) is 0 Å². The van der Waals surface area contributed by atoms with Gasteiger partial charge in [0.15, 0.2) is 6.61 Å². The summed E-state index contributed by atoms with van der Waals surface area (Å²) in [5, 5.41) is 0. The van der Waals surface area contributed by atoms with Crippen molar-refractivity contribution in [3.05, 3.63) is 29.8 Å². The average Bonchev–Trinajstić information content (AvgIpc) is 3.08. The van der Waals surface area contributed by atoms with E-state index in [4.69, 9.17) is 22.7 Å². The number of hydrogen-bond donors (Lipinski definition) is 1. The molecule has 1 saturated carbocycles. The predicted molar refractivity (Wildman–Crippen MR) is 80.7 cm³/mol. The van der Waals surface area contributed by atoms with Crippen molar-refractivity contribution in [3.63, 3.8) is 0 Å². The molecule has 1 aromatic carbocycles. The van der Waals surface area contributed by atoms with Crippen molar-refractivity contribution in [2.75, 3.05) is 13.2 Å². The summed E-state index contributed by atoms with van der Waals surface area (Å²) in [5.41, 5.74) is 6.33. The third-order valence-electron chi connectivity index (χ3n) is 4.23. The van der Waals surface area contributed by atoms with Crippen molar-refractivity contribution in [2.45, 2.75) is 25.3 Å². The second-order valence-corrected chi connectivity index (χ2v) is 6.00. The first kappa shape index (κ1) is 13.4. The Morgan fingerprint density at radius 2 is 2.10 bits per heavy atom. The van der Waals surface area contributed by atoms with Gasteiger partial charge < -0.3 is 15.4 Å². The predicted octanol–water partition coefficient (Wildman–Crippen LogP) is 1.71. The lowest BCUT2D eigenvalue weighted by Gasteiger charge is -2.26. The summed E-state index contributed by atoms with van der Waals surface area (Å²) >= 11 is 4.89. The molecule has 106 valence electrons. The van der Waals surface area contributed by atoms with E-state index < -0.39 is 0 Å².